The van der Waals surface area contributed by atoms with Crippen LogP contribution in [0.5, 0.6) is 5.75 Å². The summed E-state index contributed by atoms with van der Waals surface area (Å²) in [6.07, 6.45) is 3.55. The first kappa shape index (κ1) is 21.1. The Morgan fingerprint density at radius 2 is 2.06 bits per heavy atom. The van der Waals surface area contributed by atoms with E-state index in [1.54, 1.807) is 47.9 Å². The van der Waals surface area contributed by atoms with Crippen LogP contribution in [0.1, 0.15) is 38.5 Å². The van der Waals surface area contributed by atoms with Crippen LogP contribution in [0.4, 0.5) is 0 Å². The maximum atomic E-state index is 13.1. The highest BCUT2D eigenvalue weighted by molar-refractivity contribution is 7.09. The van der Waals surface area contributed by atoms with Crippen molar-refractivity contribution in [2.45, 2.75) is 19.6 Å². The molecule has 158 valence electrons. The zero-order valence-corrected chi connectivity index (χ0v) is 18.7. The number of aryl methyl sites for hydroxylation is 2. The van der Waals surface area contributed by atoms with E-state index in [-0.39, 0.29) is 5.91 Å². The van der Waals surface area contributed by atoms with Gasteiger partial charge in [-0.3, -0.25) is 4.79 Å². The number of nitrogens with zero attached hydrogens (tertiary/aromatic N) is 3. The highest BCUT2D eigenvalue weighted by Gasteiger charge is 2.21. The summed E-state index contributed by atoms with van der Waals surface area (Å²) in [7, 11) is 1.89. The second kappa shape index (κ2) is 9.32. The molecule has 0 aliphatic heterocycles. The van der Waals surface area contributed by atoms with Crippen LogP contribution in [0.25, 0.3) is 0 Å². The van der Waals surface area contributed by atoms with Crippen LogP contribution in [0.15, 0.2) is 66.3 Å². The Hall–Kier alpha value is -3.16. The van der Waals surface area contributed by atoms with Crippen LogP contribution in [0.2, 0.25) is 5.02 Å². The average Bonchev–Trinajstić information content (AvgIpc) is 3.39. The summed E-state index contributed by atoms with van der Waals surface area (Å²) in [5, 5.41) is 6.68. The summed E-state index contributed by atoms with van der Waals surface area (Å²) in [6.45, 7) is 2.31. The Morgan fingerprint density at radius 3 is 2.74 bits per heavy atom. The number of carbonyl (C=O) groups excluding carboxylic acids is 1. The number of hydrogen-bond acceptors (Lipinski definition) is 5. The number of aromatic nitrogens is 3. The van der Waals surface area contributed by atoms with Gasteiger partial charge in [-0.1, -0.05) is 29.8 Å². The molecule has 8 heteroatoms. The fourth-order valence-corrected chi connectivity index (χ4v) is 3.90. The summed E-state index contributed by atoms with van der Waals surface area (Å²) in [5.74, 6) is 1.11. The predicted octanol–water partition coefficient (Wildman–Crippen LogP) is 4.94. The number of amides is 1. The minimum atomic E-state index is -0.424. The molecule has 6 nitrogen and oxygen atoms in total. The Bertz CT molecular complexity index is 1190. The van der Waals surface area contributed by atoms with Gasteiger partial charge in [-0.2, -0.15) is 0 Å². The van der Waals surface area contributed by atoms with Gasteiger partial charge in [0.2, 0.25) is 0 Å². The summed E-state index contributed by atoms with van der Waals surface area (Å²) < 4.78 is 7.71. The maximum Gasteiger partial charge on any atom is 0.252 e. The van der Waals surface area contributed by atoms with Crippen molar-refractivity contribution in [2.75, 3.05) is 0 Å². The van der Waals surface area contributed by atoms with Gasteiger partial charge in [0.15, 0.2) is 0 Å². The zero-order chi connectivity index (χ0) is 21.8. The standard InChI is InChI=1S/C23H21ClN4O2S/c1-15-26-19(14-31-15)13-30-20-5-3-4-17(12-20)23(29)27-21(22-25-10-11-28(22)2)16-6-8-18(24)9-7-16/h3-12,14,21H,13H2,1-2H3,(H,27,29)/t21-/m1/s1. The summed E-state index contributed by atoms with van der Waals surface area (Å²) in [5.41, 5.74) is 2.26. The topological polar surface area (TPSA) is 69.0 Å². The van der Waals surface area contributed by atoms with Gasteiger partial charge < -0.3 is 14.6 Å². The molecule has 0 fully saturated rings. The first-order valence-corrected chi connectivity index (χ1v) is 10.9. The summed E-state index contributed by atoms with van der Waals surface area (Å²) in [4.78, 5) is 21.9. The zero-order valence-electron chi connectivity index (χ0n) is 17.1. The number of nitrogens with one attached hydrogen (secondary N) is 1. The lowest BCUT2D eigenvalue weighted by atomic mass is 10.1. The largest absolute Gasteiger partial charge is 0.487 e. The molecule has 0 radical (unpaired) electrons. The van der Waals surface area contributed by atoms with Crippen LogP contribution < -0.4 is 10.1 Å². The molecule has 0 unspecified atom stereocenters. The van der Waals surface area contributed by atoms with Gasteiger partial charge in [0.1, 0.15) is 24.2 Å². The van der Waals surface area contributed by atoms with Crippen molar-refractivity contribution in [3.63, 3.8) is 0 Å². The fourth-order valence-electron chi connectivity index (χ4n) is 3.18. The second-order valence-electron chi connectivity index (χ2n) is 7.03. The number of halogens is 1. The van der Waals surface area contributed by atoms with Gasteiger partial charge in [0, 0.05) is 35.4 Å². The molecule has 0 saturated carbocycles. The van der Waals surface area contributed by atoms with Crippen molar-refractivity contribution in [3.05, 3.63) is 99.0 Å². The number of hydrogen-bond donors (Lipinski definition) is 1. The Morgan fingerprint density at radius 1 is 1.26 bits per heavy atom. The molecule has 0 saturated heterocycles. The number of thiazole rings is 1. The summed E-state index contributed by atoms with van der Waals surface area (Å²) in [6, 6.07) is 14.1. The van der Waals surface area contributed by atoms with Crippen molar-refractivity contribution in [3.8, 4) is 5.75 Å². The SMILES string of the molecule is Cc1nc(COc2cccc(C(=O)N[C@H](c3ccc(Cl)cc3)c3nccn3C)c2)cs1. The van der Waals surface area contributed by atoms with Gasteiger partial charge >= 0.3 is 0 Å². The molecule has 2 heterocycles. The van der Waals surface area contributed by atoms with E-state index in [2.05, 4.69) is 15.3 Å². The summed E-state index contributed by atoms with van der Waals surface area (Å²) >= 11 is 7.62. The molecule has 2 aromatic heterocycles. The Kier molecular flexibility index (Phi) is 6.34. The molecule has 1 atom stereocenters. The predicted molar refractivity (Wildman–Crippen MR) is 122 cm³/mol. The van der Waals surface area contributed by atoms with Gasteiger partial charge in [0.25, 0.3) is 5.91 Å². The first-order chi connectivity index (χ1) is 15.0. The molecule has 4 rings (SSSR count). The molecule has 2 aromatic carbocycles. The van der Waals surface area contributed by atoms with E-state index in [1.807, 2.05) is 48.3 Å². The molecule has 1 amide bonds. The lowest BCUT2D eigenvalue weighted by molar-refractivity contribution is 0.0940. The molecule has 1 N–H and O–H groups in total. The lowest BCUT2D eigenvalue weighted by Crippen LogP contribution is -2.31. The maximum absolute atomic E-state index is 13.1. The normalized spacial score (nSPS) is 11.8. The van der Waals surface area contributed by atoms with Crippen molar-refractivity contribution in [1.29, 1.82) is 0 Å². The minimum absolute atomic E-state index is 0.224. The minimum Gasteiger partial charge on any atom is -0.487 e. The van der Waals surface area contributed by atoms with Crippen molar-refractivity contribution >= 4 is 28.8 Å². The van der Waals surface area contributed by atoms with E-state index in [0.717, 1.165) is 22.1 Å². The number of rotatable bonds is 7. The van der Waals surface area contributed by atoms with Crippen LogP contribution in [-0.4, -0.2) is 20.4 Å². The lowest BCUT2D eigenvalue weighted by Gasteiger charge is -2.19. The van der Waals surface area contributed by atoms with Crippen LogP contribution in [0, 0.1) is 6.92 Å². The average molecular weight is 453 g/mol. The van der Waals surface area contributed by atoms with Crippen molar-refractivity contribution in [2.24, 2.45) is 7.05 Å². The van der Waals surface area contributed by atoms with Crippen molar-refractivity contribution < 1.29 is 9.53 Å². The highest BCUT2D eigenvalue weighted by Crippen LogP contribution is 2.24. The smallest absolute Gasteiger partial charge is 0.252 e. The van der Waals surface area contributed by atoms with E-state index in [1.165, 1.54) is 0 Å². The number of imidazole rings is 1. The van der Waals surface area contributed by atoms with Crippen LogP contribution >= 0.6 is 22.9 Å². The van der Waals surface area contributed by atoms with Crippen LogP contribution in [-0.2, 0) is 13.7 Å². The molecule has 31 heavy (non-hydrogen) atoms. The number of benzene rings is 2. The number of ether oxygens (including phenoxy) is 1. The van der Waals surface area contributed by atoms with Crippen molar-refractivity contribution in [1.82, 2.24) is 19.9 Å². The van der Waals surface area contributed by atoms with Gasteiger partial charge in [-0.15, -0.1) is 11.3 Å². The Balaban J connectivity index is 1.53. The molecule has 0 aliphatic carbocycles. The fraction of sp³-hybridized carbons (Fsp3) is 0.174. The van der Waals surface area contributed by atoms with E-state index < -0.39 is 6.04 Å². The molecule has 0 bridgehead atoms. The van der Waals surface area contributed by atoms with E-state index in [9.17, 15) is 4.79 Å². The third-order valence-electron chi connectivity index (χ3n) is 4.74. The molecular weight excluding hydrogens is 432 g/mol. The molecule has 0 aliphatic rings. The van der Waals surface area contributed by atoms with E-state index in [4.69, 9.17) is 16.3 Å². The molecule has 0 spiro atoms. The third kappa shape index (κ3) is 5.13. The van der Waals surface area contributed by atoms with E-state index in [0.29, 0.717) is 22.9 Å². The molecular formula is C23H21ClN4O2S. The van der Waals surface area contributed by atoms with E-state index >= 15 is 0 Å². The Labute approximate surface area is 189 Å². The van der Waals surface area contributed by atoms with Gasteiger partial charge in [-0.25, -0.2) is 9.97 Å². The van der Waals surface area contributed by atoms with Gasteiger partial charge in [-0.05, 0) is 42.8 Å². The quantitative estimate of drug-likeness (QED) is 0.431. The highest BCUT2D eigenvalue weighted by atomic mass is 35.5. The second-order valence-corrected chi connectivity index (χ2v) is 8.53. The van der Waals surface area contributed by atoms with Gasteiger partial charge in [0.05, 0.1) is 10.7 Å². The third-order valence-corrected chi connectivity index (χ3v) is 5.82. The first-order valence-electron chi connectivity index (χ1n) is 9.67. The van der Waals surface area contributed by atoms with Crippen LogP contribution in [0.3, 0.4) is 0 Å². The number of carbonyl (C=O) groups is 1. The molecule has 4 aromatic rings. The monoisotopic (exact) mass is 452 g/mol.